The second-order valence-electron chi connectivity index (χ2n) is 2.41. The van der Waals surface area contributed by atoms with Crippen LogP contribution in [-0.2, 0) is 19.0 Å². The average Bonchev–Trinajstić information content (AvgIpc) is 2.04. The second-order valence-corrected chi connectivity index (χ2v) is 2.41. The normalized spacial score (nSPS) is 23.6. The molecule has 0 aromatic carbocycles. The predicted octanol–water partition coefficient (Wildman–Crippen LogP) is 0.312. The standard InChI is InChI=1S/C7H12O4/c1-9-7(10-2)5-6(8)3-4-11-7/h3-5H2,1-2H3. The molecule has 1 rings (SSSR count). The van der Waals surface area contributed by atoms with Gasteiger partial charge in [0.15, 0.2) is 0 Å². The smallest absolute Gasteiger partial charge is 0.289 e. The van der Waals surface area contributed by atoms with Crippen LogP contribution in [0.25, 0.3) is 0 Å². The molecule has 0 spiro atoms. The number of carbonyl (C=O) groups is 1. The quantitative estimate of drug-likeness (QED) is 0.545. The van der Waals surface area contributed by atoms with Gasteiger partial charge >= 0.3 is 0 Å². The first-order chi connectivity index (χ1) is 5.22. The van der Waals surface area contributed by atoms with Crippen molar-refractivity contribution in [2.75, 3.05) is 20.8 Å². The van der Waals surface area contributed by atoms with Crippen molar-refractivity contribution in [1.82, 2.24) is 0 Å². The molecule has 0 N–H and O–H groups in total. The van der Waals surface area contributed by atoms with Gasteiger partial charge in [-0.15, -0.1) is 0 Å². The Labute approximate surface area is 65.4 Å². The van der Waals surface area contributed by atoms with E-state index in [9.17, 15) is 4.79 Å². The highest BCUT2D eigenvalue weighted by molar-refractivity contribution is 5.79. The Morgan fingerprint density at radius 2 is 2.09 bits per heavy atom. The molecule has 4 heteroatoms. The van der Waals surface area contributed by atoms with Crippen LogP contribution in [0.5, 0.6) is 0 Å². The predicted molar refractivity (Wildman–Crippen MR) is 36.9 cm³/mol. The second kappa shape index (κ2) is 3.30. The number of ketones is 1. The van der Waals surface area contributed by atoms with Gasteiger partial charge in [-0.2, -0.15) is 0 Å². The molecule has 4 nitrogen and oxygen atoms in total. The van der Waals surface area contributed by atoms with Crippen LogP contribution in [0, 0.1) is 0 Å². The summed E-state index contributed by atoms with van der Waals surface area (Å²) >= 11 is 0. The van der Waals surface area contributed by atoms with E-state index in [0.29, 0.717) is 13.0 Å². The summed E-state index contributed by atoms with van der Waals surface area (Å²) in [6.07, 6.45) is 0.633. The highest BCUT2D eigenvalue weighted by Crippen LogP contribution is 2.23. The maximum absolute atomic E-state index is 11.0. The summed E-state index contributed by atoms with van der Waals surface area (Å²) < 4.78 is 15.0. The van der Waals surface area contributed by atoms with Gasteiger partial charge in [-0.1, -0.05) is 0 Å². The van der Waals surface area contributed by atoms with E-state index >= 15 is 0 Å². The number of hydrogen-bond donors (Lipinski definition) is 0. The summed E-state index contributed by atoms with van der Waals surface area (Å²) in [5.74, 6) is -1.00. The molecule has 0 radical (unpaired) electrons. The molecule has 0 amide bonds. The van der Waals surface area contributed by atoms with Crippen molar-refractivity contribution in [2.45, 2.75) is 18.8 Å². The first-order valence-electron chi connectivity index (χ1n) is 3.48. The molecule has 0 saturated carbocycles. The minimum absolute atomic E-state index is 0.111. The van der Waals surface area contributed by atoms with Crippen LogP contribution in [0.1, 0.15) is 12.8 Å². The molecule has 1 aliphatic rings. The monoisotopic (exact) mass is 160 g/mol. The summed E-state index contributed by atoms with van der Waals surface area (Å²) in [7, 11) is 2.92. The molecule has 1 saturated heterocycles. The van der Waals surface area contributed by atoms with E-state index in [2.05, 4.69) is 0 Å². The molecular weight excluding hydrogens is 148 g/mol. The lowest BCUT2D eigenvalue weighted by Crippen LogP contribution is -2.43. The molecule has 1 aliphatic heterocycles. The lowest BCUT2D eigenvalue weighted by molar-refractivity contribution is -0.366. The van der Waals surface area contributed by atoms with Gasteiger partial charge in [-0.05, 0) is 0 Å². The Hall–Kier alpha value is -0.450. The zero-order valence-electron chi connectivity index (χ0n) is 6.75. The minimum Gasteiger partial charge on any atom is -0.330 e. The third kappa shape index (κ3) is 1.77. The van der Waals surface area contributed by atoms with Gasteiger partial charge in [0.25, 0.3) is 5.97 Å². The summed E-state index contributed by atoms with van der Waals surface area (Å²) in [6, 6.07) is 0. The van der Waals surface area contributed by atoms with Gasteiger partial charge in [-0.3, -0.25) is 4.79 Å². The van der Waals surface area contributed by atoms with Crippen molar-refractivity contribution in [2.24, 2.45) is 0 Å². The van der Waals surface area contributed by atoms with E-state index < -0.39 is 5.97 Å². The van der Waals surface area contributed by atoms with Gasteiger partial charge in [0.05, 0.1) is 13.0 Å². The van der Waals surface area contributed by atoms with Gasteiger partial charge in [0.2, 0.25) is 0 Å². The van der Waals surface area contributed by atoms with E-state index in [1.54, 1.807) is 0 Å². The summed E-state index contributed by atoms with van der Waals surface area (Å²) in [6.45, 7) is 0.376. The summed E-state index contributed by atoms with van der Waals surface area (Å²) in [5.41, 5.74) is 0. The van der Waals surface area contributed by atoms with Crippen molar-refractivity contribution in [1.29, 1.82) is 0 Å². The van der Waals surface area contributed by atoms with Crippen LogP contribution in [0.2, 0.25) is 0 Å². The zero-order valence-corrected chi connectivity index (χ0v) is 6.75. The highest BCUT2D eigenvalue weighted by Gasteiger charge is 2.37. The van der Waals surface area contributed by atoms with E-state index in [-0.39, 0.29) is 12.2 Å². The fourth-order valence-electron chi connectivity index (χ4n) is 1.05. The van der Waals surface area contributed by atoms with Crippen LogP contribution < -0.4 is 0 Å². The number of carbonyl (C=O) groups excluding carboxylic acids is 1. The van der Waals surface area contributed by atoms with Crippen molar-refractivity contribution in [3.8, 4) is 0 Å². The molecule has 11 heavy (non-hydrogen) atoms. The van der Waals surface area contributed by atoms with Crippen LogP contribution >= 0.6 is 0 Å². The van der Waals surface area contributed by atoms with Gasteiger partial charge in [-0.25, -0.2) is 0 Å². The number of methoxy groups -OCH3 is 2. The van der Waals surface area contributed by atoms with Crippen molar-refractivity contribution in [3.63, 3.8) is 0 Å². The number of Topliss-reactive ketones (excluding diaryl/α,β-unsaturated/α-hetero) is 1. The van der Waals surface area contributed by atoms with E-state index in [4.69, 9.17) is 14.2 Å². The Kier molecular flexibility index (Phi) is 2.59. The van der Waals surface area contributed by atoms with Crippen molar-refractivity contribution in [3.05, 3.63) is 0 Å². The van der Waals surface area contributed by atoms with Gasteiger partial charge < -0.3 is 14.2 Å². The average molecular weight is 160 g/mol. The molecule has 0 aliphatic carbocycles. The van der Waals surface area contributed by atoms with Crippen LogP contribution in [-0.4, -0.2) is 32.6 Å². The van der Waals surface area contributed by atoms with Gasteiger partial charge in [0.1, 0.15) is 5.78 Å². The number of hydrogen-bond acceptors (Lipinski definition) is 4. The van der Waals surface area contributed by atoms with Crippen LogP contribution in [0.3, 0.4) is 0 Å². The molecule has 0 atom stereocenters. The molecule has 0 unspecified atom stereocenters. The maximum atomic E-state index is 11.0. The number of ether oxygens (including phenoxy) is 3. The Bertz CT molecular complexity index is 151. The topological polar surface area (TPSA) is 44.8 Å². The third-order valence-corrected chi connectivity index (χ3v) is 1.74. The van der Waals surface area contributed by atoms with Crippen LogP contribution in [0.4, 0.5) is 0 Å². The summed E-state index contributed by atoms with van der Waals surface area (Å²) in [5, 5.41) is 0. The zero-order chi connectivity index (χ0) is 8.32. The van der Waals surface area contributed by atoms with E-state index in [1.807, 2.05) is 0 Å². The summed E-state index contributed by atoms with van der Waals surface area (Å²) in [4.78, 5) is 11.0. The Balaban J connectivity index is 2.59. The van der Waals surface area contributed by atoms with E-state index in [0.717, 1.165) is 0 Å². The Morgan fingerprint density at radius 3 is 2.45 bits per heavy atom. The van der Waals surface area contributed by atoms with Crippen molar-refractivity contribution < 1.29 is 19.0 Å². The molecule has 64 valence electrons. The first-order valence-corrected chi connectivity index (χ1v) is 3.48. The molecular formula is C7H12O4. The lowest BCUT2D eigenvalue weighted by atomic mass is 10.1. The highest BCUT2D eigenvalue weighted by atomic mass is 16.9. The molecule has 0 aromatic heterocycles. The fraction of sp³-hybridized carbons (Fsp3) is 0.857. The van der Waals surface area contributed by atoms with Crippen LogP contribution in [0.15, 0.2) is 0 Å². The SMILES string of the molecule is COC1(OC)CC(=O)CCO1. The molecule has 0 aromatic rings. The largest absolute Gasteiger partial charge is 0.330 e. The first kappa shape index (κ1) is 8.64. The van der Waals surface area contributed by atoms with Crippen molar-refractivity contribution >= 4 is 5.78 Å². The Morgan fingerprint density at radius 1 is 1.45 bits per heavy atom. The minimum atomic E-state index is -1.12. The van der Waals surface area contributed by atoms with E-state index in [1.165, 1.54) is 14.2 Å². The molecule has 1 heterocycles. The number of rotatable bonds is 2. The van der Waals surface area contributed by atoms with Gasteiger partial charge in [0, 0.05) is 20.6 Å². The fourth-order valence-corrected chi connectivity index (χ4v) is 1.05. The lowest BCUT2D eigenvalue weighted by Gasteiger charge is -2.32. The third-order valence-electron chi connectivity index (χ3n) is 1.74. The maximum Gasteiger partial charge on any atom is 0.289 e. The molecule has 1 fully saturated rings. The molecule has 0 bridgehead atoms.